The molecule has 0 N–H and O–H groups in total. The standard InChI is InChI=1S/C68H120O6/c1-4-7-10-13-16-19-22-24-26-28-29-30-31-32-33-34-35-36-37-38-39-40-42-43-46-49-52-55-58-61-67(70)73-64-65(63-72-66(69)60-57-54-51-48-45-21-18-15-12-9-6-3)74-68(71)62-59-56-53-50-47-44-41-27-25-23-20-17-14-11-8-5-2/h7,10,15-16,18-19,24,26,29-30,32-33,65H,4-6,8-9,11-14,17,20-23,25,27-28,31,34-64H2,1-3H3/b10-7-,18-15-,19-16-,26-24-,30-29-,33-32-. The van der Waals surface area contributed by atoms with Crippen molar-refractivity contribution in [2.24, 2.45) is 0 Å². The lowest BCUT2D eigenvalue weighted by Gasteiger charge is -2.18. The summed E-state index contributed by atoms with van der Waals surface area (Å²) < 4.78 is 16.9. The SMILES string of the molecule is CC/C=C\C/C=C\C/C=C\C/C=C\C/C=C\CCCCCCCCCCCCCCCC(=O)OCC(COC(=O)CCCCCCC/C=C\CCCC)OC(=O)CCCCCCCCCCCCCCCCCC. The zero-order valence-electron chi connectivity index (χ0n) is 49.1. The Balaban J connectivity index is 4.19. The van der Waals surface area contributed by atoms with Crippen LogP contribution in [0.1, 0.15) is 323 Å². The summed E-state index contributed by atoms with van der Waals surface area (Å²) in [6, 6.07) is 0. The van der Waals surface area contributed by atoms with Crippen LogP contribution < -0.4 is 0 Å². The lowest BCUT2D eigenvalue weighted by atomic mass is 10.0. The number of hydrogen-bond donors (Lipinski definition) is 0. The zero-order valence-corrected chi connectivity index (χ0v) is 49.1. The molecule has 0 saturated heterocycles. The number of unbranched alkanes of at least 4 members (excludes halogenated alkanes) is 35. The molecule has 6 nitrogen and oxygen atoms in total. The summed E-state index contributed by atoms with van der Waals surface area (Å²) in [4.78, 5) is 38.2. The molecular weight excluding hydrogens is 913 g/mol. The maximum atomic E-state index is 12.9. The Morgan fingerprint density at radius 3 is 0.878 bits per heavy atom. The van der Waals surface area contributed by atoms with Gasteiger partial charge in [0.15, 0.2) is 6.10 Å². The Kier molecular flexibility index (Phi) is 59.7. The Hall–Kier alpha value is -3.15. The van der Waals surface area contributed by atoms with Gasteiger partial charge in [0.1, 0.15) is 13.2 Å². The first-order valence-electron chi connectivity index (χ1n) is 31.9. The lowest BCUT2D eigenvalue weighted by Crippen LogP contribution is -2.30. The third-order valence-corrected chi connectivity index (χ3v) is 13.9. The Morgan fingerprint density at radius 2 is 0.541 bits per heavy atom. The molecule has 0 fully saturated rings. The summed E-state index contributed by atoms with van der Waals surface area (Å²) in [7, 11) is 0. The van der Waals surface area contributed by atoms with Crippen molar-refractivity contribution < 1.29 is 28.6 Å². The minimum Gasteiger partial charge on any atom is -0.462 e. The molecule has 0 saturated carbocycles. The molecule has 0 radical (unpaired) electrons. The topological polar surface area (TPSA) is 78.9 Å². The highest BCUT2D eigenvalue weighted by atomic mass is 16.6. The molecule has 0 bridgehead atoms. The van der Waals surface area contributed by atoms with Crippen LogP contribution in [0.2, 0.25) is 0 Å². The predicted molar refractivity (Wildman–Crippen MR) is 321 cm³/mol. The average molecular weight is 1030 g/mol. The van der Waals surface area contributed by atoms with E-state index in [-0.39, 0.29) is 31.1 Å². The van der Waals surface area contributed by atoms with Gasteiger partial charge in [0.2, 0.25) is 0 Å². The van der Waals surface area contributed by atoms with E-state index in [1.54, 1.807) is 0 Å². The second-order valence-corrected chi connectivity index (χ2v) is 21.3. The van der Waals surface area contributed by atoms with Crippen molar-refractivity contribution in [1.82, 2.24) is 0 Å². The smallest absolute Gasteiger partial charge is 0.306 e. The molecule has 0 rings (SSSR count). The van der Waals surface area contributed by atoms with E-state index in [4.69, 9.17) is 14.2 Å². The van der Waals surface area contributed by atoms with Crippen molar-refractivity contribution in [3.63, 3.8) is 0 Å². The van der Waals surface area contributed by atoms with Crippen LogP contribution in [0.4, 0.5) is 0 Å². The minimum absolute atomic E-state index is 0.0746. The molecule has 0 aromatic carbocycles. The highest BCUT2D eigenvalue weighted by Gasteiger charge is 2.19. The van der Waals surface area contributed by atoms with Gasteiger partial charge in [-0.15, -0.1) is 0 Å². The summed E-state index contributed by atoms with van der Waals surface area (Å²) in [6.07, 6.45) is 80.6. The zero-order chi connectivity index (χ0) is 53.6. The number of esters is 3. The molecule has 0 spiro atoms. The van der Waals surface area contributed by atoms with Gasteiger partial charge in [0, 0.05) is 19.3 Å². The fourth-order valence-electron chi connectivity index (χ4n) is 9.16. The first-order chi connectivity index (χ1) is 36.5. The van der Waals surface area contributed by atoms with Gasteiger partial charge in [-0.25, -0.2) is 0 Å². The number of carbonyl (C=O) groups excluding carboxylic acids is 3. The van der Waals surface area contributed by atoms with Gasteiger partial charge < -0.3 is 14.2 Å². The predicted octanol–water partition coefficient (Wildman–Crippen LogP) is 21.7. The number of rotatable bonds is 58. The molecule has 0 aliphatic heterocycles. The van der Waals surface area contributed by atoms with Gasteiger partial charge in [-0.2, -0.15) is 0 Å². The molecule has 74 heavy (non-hydrogen) atoms. The molecule has 0 aliphatic carbocycles. The highest BCUT2D eigenvalue weighted by molar-refractivity contribution is 5.71. The normalized spacial score (nSPS) is 12.5. The summed E-state index contributed by atoms with van der Waals surface area (Å²) in [6.45, 7) is 6.52. The second kappa shape index (κ2) is 62.4. The number of allylic oxidation sites excluding steroid dienone is 12. The fourth-order valence-corrected chi connectivity index (χ4v) is 9.16. The summed E-state index contributed by atoms with van der Waals surface area (Å²) in [5, 5.41) is 0. The van der Waals surface area contributed by atoms with Crippen LogP contribution in [-0.2, 0) is 28.6 Å². The van der Waals surface area contributed by atoms with E-state index in [1.165, 1.54) is 186 Å². The monoisotopic (exact) mass is 1030 g/mol. The minimum atomic E-state index is -0.776. The van der Waals surface area contributed by atoms with Crippen LogP contribution in [0, 0.1) is 0 Å². The Bertz CT molecular complexity index is 1370. The van der Waals surface area contributed by atoms with Gasteiger partial charge in [-0.3, -0.25) is 14.4 Å². The van der Waals surface area contributed by atoms with E-state index in [2.05, 4.69) is 93.7 Å². The maximum absolute atomic E-state index is 12.9. The molecule has 0 aromatic rings. The quantitative estimate of drug-likeness (QED) is 0.0261. The summed E-state index contributed by atoms with van der Waals surface area (Å²) in [5.74, 6) is -0.870. The van der Waals surface area contributed by atoms with Gasteiger partial charge in [-0.1, -0.05) is 293 Å². The van der Waals surface area contributed by atoms with E-state index >= 15 is 0 Å². The molecule has 428 valence electrons. The van der Waals surface area contributed by atoms with Gasteiger partial charge in [0.25, 0.3) is 0 Å². The van der Waals surface area contributed by atoms with Crippen LogP contribution in [0.25, 0.3) is 0 Å². The molecule has 0 amide bonds. The molecule has 0 aromatic heterocycles. The van der Waals surface area contributed by atoms with Crippen LogP contribution >= 0.6 is 0 Å². The third-order valence-electron chi connectivity index (χ3n) is 13.9. The molecule has 0 heterocycles. The fraction of sp³-hybridized carbons (Fsp3) is 0.779. The Labute approximate surface area is 459 Å². The molecule has 1 unspecified atom stereocenters. The molecular formula is C68H120O6. The number of carbonyl (C=O) groups is 3. The van der Waals surface area contributed by atoms with E-state index in [0.717, 1.165) is 96.3 Å². The van der Waals surface area contributed by atoms with Crippen molar-refractivity contribution in [2.75, 3.05) is 13.2 Å². The van der Waals surface area contributed by atoms with E-state index in [9.17, 15) is 14.4 Å². The van der Waals surface area contributed by atoms with Gasteiger partial charge in [0.05, 0.1) is 0 Å². The van der Waals surface area contributed by atoms with Crippen molar-refractivity contribution >= 4 is 17.9 Å². The lowest BCUT2D eigenvalue weighted by molar-refractivity contribution is -0.167. The van der Waals surface area contributed by atoms with E-state index < -0.39 is 6.10 Å². The maximum Gasteiger partial charge on any atom is 0.306 e. The van der Waals surface area contributed by atoms with Crippen molar-refractivity contribution in [1.29, 1.82) is 0 Å². The first kappa shape index (κ1) is 70.8. The van der Waals surface area contributed by atoms with Crippen LogP contribution in [-0.4, -0.2) is 37.2 Å². The summed E-state index contributed by atoms with van der Waals surface area (Å²) in [5.41, 5.74) is 0. The number of hydrogen-bond acceptors (Lipinski definition) is 6. The average Bonchev–Trinajstić information content (AvgIpc) is 3.40. The van der Waals surface area contributed by atoms with Crippen molar-refractivity contribution in [3.05, 3.63) is 72.9 Å². The van der Waals surface area contributed by atoms with Crippen LogP contribution in [0.5, 0.6) is 0 Å². The highest BCUT2D eigenvalue weighted by Crippen LogP contribution is 2.17. The third kappa shape index (κ3) is 59.7. The van der Waals surface area contributed by atoms with Crippen molar-refractivity contribution in [2.45, 2.75) is 329 Å². The number of ether oxygens (including phenoxy) is 3. The molecule has 6 heteroatoms. The van der Waals surface area contributed by atoms with E-state index in [0.29, 0.717) is 19.3 Å². The van der Waals surface area contributed by atoms with Crippen LogP contribution in [0.3, 0.4) is 0 Å². The first-order valence-corrected chi connectivity index (χ1v) is 31.9. The molecule has 0 aliphatic rings. The Morgan fingerprint density at radius 1 is 0.284 bits per heavy atom. The largest absolute Gasteiger partial charge is 0.462 e. The molecule has 1 atom stereocenters. The van der Waals surface area contributed by atoms with Gasteiger partial charge in [-0.05, 0) is 83.5 Å². The van der Waals surface area contributed by atoms with Gasteiger partial charge >= 0.3 is 17.9 Å². The van der Waals surface area contributed by atoms with E-state index in [1.807, 2.05) is 0 Å². The van der Waals surface area contributed by atoms with Crippen LogP contribution in [0.15, 0.2) is 72.9 Å². The van der Waals surface area contributed by atoms with Crippen molar-refractivity contribution in [3.8, 4) is 0 Å². The second-order valence-electron chi connectivity index (χ2n) is 21.3. The summed E-state index contributed by atoms with van der Waals surface area (Å²) >= 11 is 0.